The predicted octanol–water partition coefficient (Wildman–Crippen LogP) is 3.10. The van der Waals surface area contributed by atoms with Crippen LogP contribution in [0.2, 0.25) is 0 Å². The summed E-state index contributed by atoms with van der Waals surface area (Å²) in [6.07, 6.45) is 1.75. The number of aromatic nitrogens is 2. The topological polar surface area (TPSA) is 92.9 Å². The first kappa shape index (κ1) is 15.1. The van der Waals surface area contributed by atoms with Crippen LogP contribution >= 0.6 is 0 Å². The van der Waals surface area contributed by atoms with Gasteiger partial charge in [0.2, 0.25) is 11.9 Å². The van der Waals surface area contributed by atoms with Crippen molar-refractivity contribution in [3.63, 3.8) is 0 Å². The first-order chi connectivity index (χ1) is 12.1. The van der Waals surface area contributed by atoms with Gasteiger partial charge in [-0.05, 0) is 36.4 Å². The van der Waals surface area contributed by atoms with Gasteiger partial charge in [0.05, 0.1) is 17.8 Å². The number of halogens is 1. The van der Waals surface area contributed by atoms with E-state index in [-0.39, 0.29) is 24.1 Å². The van der Waals surface area contributed by atoms with Crippen molar-refractivity contribution in [2.24, 2.45) is 0 Å². The summed E-state index contributed by atoms with van der Waals surface area (Å²) in [5, 5.41) is 5.98. The molecule has 0 radical (unpaired) electrons. The number of fused-ring (bicyclic) bond motifs is 3. The molecule has 2 heterocycles. The Hall–Kier alpha value is -3.48. The quantitative estimate of drug-likeness (QED) is 0.669. The van der Waals surface area contributed by atoms with E-state index in [1.807, 2.05) is 12.1 Å². The molecule has 0 atom stereocenters. The molecule has 0 bridgehead atoms. The van der Waals surface area contributed by atoms with Crippen LogP contribution in [0.3, 0.4) is 0 Å². The molecule has 7 heteroatoms. The molecule has 1 aromatic heterocycles. The molecule has 2 aromatic carbocycles. The Labute approximate surface area is 142 Å². The summed E-state index contributed by atoms with van der Waals surface area (Å²) >= 11 is 0. The standard InChI is InChI=1S/C18H14FN5O/c19-11-2-1-3-12(7-11)22-13-4-5-14-15(8-13)23-16(25)6-10-9-21-18(20)24-17(10)14/h1-5,7-9,22H,6H2,(H,23,25)(H2,20,21,24). The third-order valence-electron chi connectivity index (χ3n) is 3.90. The van der Waals surface area contributed by atoms with Gasteiger partial charge in [-0.1, -0.05) is 6.07 Å². The van der Waals surface area contributed by atoms with Crippen LogP contribution in [0.4, 0.5) is 27.4 Å². The van der Waals surface area contributed by atoms with Crippen molar-refractivity contribution in [1.82, 2.24) is 9.97 Å². The first-order valence-corrected chi connectivity index (χ1v) is 7.67. The highest BCUT2D eigenvalue weighted by atomic mass is 19.1. The average molecular weight is 335 g/mol. The zero-order valence-electron chi connectivity index (χ0n) is 13.1. The van der Waals surface area contributed by atoms with Gasteiger partial charge in [-0.3, -0.25) is 4.79 Å². The molecule has 1 amide bonds. The average Bonchev–Trinajstić information content (AvgIpc) is 2.70. The van der Waals surface area contributed by atoms with Gasteiger partial charge in [-0.2, -0.15) is 0 Å². The molecule has 4 rings (SSSR count). The molecule has 0 spiro atoms. The number of amides is 1. The minimum Gasteiger partial charge on any atom is -0.368 e. The summed E-state index contributed by atoms with van der Waals surface area (Å²) in [4.78, 5) is 20.4. The van der Waals surface area contributed by atoms with Gasteiger partial charge in [0.15, 0.2) is 0 Å². The van der Waals surface area contributed by atoms with E-state index in [4.69, 9.17) is 5.73 Å². The van der Waals surface area contributed by atoms with Crippen molar-refractivity contribution in [2.75, 3.05) is 16.4 Å². The van der Waals surface area contributed by atoms with E-state index >= 15 is 0 Å². The second kappa shape index (κ2) is 5.86. The van der Waals surface area contributed by atoms with E-state index < -0.39 is 0 Å². The van der Waals surface area contributed by atoms with E-state index in [0.29, 0.717) is 17.1 Å². The van der Waals surface area contributed by atoms with Crippen LogP contribution in [0.15, 0.2) is 48.7 Å². The number of nitrogens with two attached hydrogens (primary N) is 1. The number of carbonyl (C=O) groups is 1. The van der Waals surface area contributed by atoms with Gasteiger partial charge < -0.3 is 16.4 Å². The molecule has 0 unspecified atom stereocenters. The van der Waals surface area contributed by atoms with Crippen molar-refractivity contribution < 1.29 is 9.18 Å². The van der Waals surface area contributed by atoms with Crippen LogP contribution < -0.4 is 16.4 Å². The smallest absolute Gasteiger partial charge is 0.228 e. The Kier molecular flexibility index (Phi) is 3.53. The highest BCUT2D eigenvalue weighted by Crippen LogP contribution is 2.35. The summed E-state index contributed by atoms with van der Waals surface area (Å²) in [6, 6.07) is 11.6. The molecule has 0 fully saturated rings. The molecule has 0 aliphatic carbocycles. The molecule has 124 valence electrons. The predicted molar refractivity (Wildman–Crippen MR) is 93.9 cm³/mol. The Bertz CT molecular complexity index is 989. The highest BCUT2D eigenvalue weighted by molar-refractivity contribution is 6.00. The van der Waals surface area contributed by atoms with Gasteiger partial charge in [0.1, 0.15) is 5.82 Å². The Balaban J connectivity index is 1.76. The number of rotatable bonds is 2. The summed E-state index contributed by atoms with van der Waals surface area (Å²) in [5.41, 5.74) is 9.76. The number of nitrogens with zero attached hydrogens (tertiary/aromatic N) is 2. The van der Waals surface area contributed by atoms with E-state index in [0.717, 1.165) is 16.8 Å². The zero-order valence-corrected chi connectivity index (χ0v) is 13.1. The molecule has 0 saturated heterocycles. The molecular weight excluding hydrogens is 321 g/mol. The van der Waals surface area contributed by atoms with Gasteiger partial charge in [0.25, 0.3) is 0 Å². The number of carbonyl (C=O) groups excluding carboxylic acids is 1. The van der Waals surface area contributed by atoms with Crippen LogP contribution in [-0.4, -0.2) is 15.9 Å². The van der Waals surface area contributed by atoms with Crippen molar-refractivity contribution in [2.45, 2.75) is 6.42 Å². The number of hydrogen-bond acceptors (Lipinski definition) is 5. The molecule has 3 aromatic rings. The van der Waals surface area contributed by atoms with Crippen molar-refractivity contribution in [3.05, 3.63) is 60.0 Å². The van der Waals surface area contributed by atoms with Gasteiger partial charge in [-0.15, -0.1) is 0 Å². The van der Waals surface area contributed by atoms with Crippen LogP contribution in [0, 0.1) is 5.82 Å². The number of hydrogen-bond donors (Lipinski definition) is 3. The maximum absolute atomic E-state index is 13.3. The van der Waals surface area contributed by atoms with E-state index in [1.54, 1.807) is 24.4 Å². The Morgan fingerprint density at radius 1 is 1.16 bits per heavy atom. The fourth-order valence-electron chi connectivity index (χ4n) is 2.82. The Morgan fingerprint density at radius 2 is 2.00 bits per heavy atom. The van der Waals surface area contributed by atoms with E-state index in [9.17, 15) is 9.18 Å². The maximum atomic E-state index is 13.3. The lowest BCUT2D eigenvalue weighted by Crippen LogP contribution is -2.13. The van der Waals surface area contributed by atoms with E-state index in [2.05, 4.69) is 20.6 Å². The molecule has 25 heavy (non-hydrogen) atoms. The third kappa shape index (κ3) is 2.99. The second-order valence-corrected chi connectivity index (χ2v) is 5.72. The Morgan fingerprint density at radius 3 is 2.84 bits per heavy atom. The lowest BCUT2D eigenvalue weighted by atomic mass is 10.0. The molecule has 1 aliphatic heterocycles. The zero-order chi connectivity index (χ0) is 17.4. The van der Waals surface area contributed by atoms with Crippen LogP contribution in [-0.2, 0) is 11.2 Å². The fraction of sp³-hybridized carbons (Fsp3) is 0.0556. The molecule has 1 aliphatic rings. The van der Waals surface area contributed by atoms with Crippen molar-refractivity contribution >= 4 is 28.9 Å². The summed E-state index contributed by atoms with van der Waals surface area (Å²) < 4.78 is 13.3. The van der Waals surface area contributed by atoms with Crippen LogP contribution in [0.5, 0.6) is 0 Å². The molecule has 4 N–H and O–H groups in total. The molecule has 6 nitrogen and oxygen atoms in total. The maximum Gasteiger partial charge on any atom is 0.228 e. The fourth-order valence-corrected chi connectivity index (χ4v) is 2.82. The van der Waals surface area contributed by atoms with Gasteiger partial charge in [-0.25, -0.2) is 14.4 Å². The SMILES string of the molecule is Nc1ncc2c(n1)-c1ccc(Nc3cccc(F)c3)cc1NC(=O)C2. The third-order valence-corrected chi connectivity index (χ3v) is 3.90. The summed E-state index contributed by atoms with van der Waals surface area (Å²) in [5.74, 6) is -0.327. The molecular formula is C18H14FN5O. The van der Waals surface area contributed by atoms with Crippen molar-refractivity contribution in [1.29, 1.82) is 0 Å². The lowest BCUT2D eigenvalue weighted by Gasteiger charge is -2.12. The summed E-state index contributed by atoms with van der Waals surface area (Å²) in [6.45, 7) is 0. The number of nitrogens with one attached hydrogen (secondary N) is 2. The normalized spacial score (nSPS) is 12.6. The van der Waals surface area contributed by atoms with Gasteiger partial charge >= 0.3 is 0 Å². The van der Waals surface area contributed by atoms with Crippen molar-refractivity contribution in [3.8, 4) is 11.3 Å². The van der Waals surface area contributed by atoms with Crippen LogP contribution in [0.25, 0.3) is 11.3 Å². The molecule has 0 saturated carbocycles. The number of anilines is 4. The first-order valence-electron chi connectivity index (χ1n) is 7.67. The minimum absolute atomic E-state index is 0.154. The minimum atomic E-state index is -0.325. The van der Waals surface area contributed by atoms with Gasteiger partial charge in [0, 0.05) is 28.7 Å². The van der Waals surface area contributed by atoms with Crippen LogP contribution in [0.1, 0.15) is 5.56 Å². The highest BCUT2D eigenvalue weighted by Gasteiger charge is 2.21. The van der Waals surface area contributed by atoms with E-state index in [1.165, 1.54) is 12.1 Å². The summed E-state index contributed by atoms with van der Waals surface area (Å²) in [7, 11) is 0. The lowest BCUT2D eigenvalue weighted by molar-refractivity contribution is -0.115. The number of nitrogen functional groups attached to an aromatic ring is 1. The largest absolute Gasteiger partial charge is 0.368 e. The number of benzene rings is 2. The second-order valence-electron chi connectivity index (χ2n) is 5.72. The monoisotopic (exact) mass is 335 g/mol.